The number of nitrogens with one attached hydrogen (secondary N) is 2. The van der Waals surface area contributed by atoms with Crippen LogP contribution in [0.2, 0.25) is 0 Å². The molecule has 0 atom stereocenters. The molecule has 2 rings (SSSR count). The van der Waals surface area contributed by atoms with Crippen molar-refractivity contribution >= 4 is 33.2 Å². The van der Waals surface area contributed by atoms with E-state index in [9.17, 15) is 4.79 Å². The van der Waals surface area contributed by atoms with Gasteiger partial charge in [-0.15, -0.1) is 0 Å². The van der Waals surface area contributed by atoms with Crippen LogP contribution in [0.5, 0.6) is 0 Å². The van der Waals surface area contributed by atoms with E-state index in [1.807, 2.05) is 50.2 Å². The summed E-state index contributed by atoms with van der Waals surface area (Å²) in [6.45, 7) is 4.65. The molecular formula is C17H19BrN2O. The molecule has 0 aliphatic rings. The van der Waals surface area contributed by atoms with Gasteiger partial charge in [-0.1, -0.05) is 28.1 Å². The van der Waals surface area contributed by atoms with E-state index >= 15 is 0 Å². The number of aryl methyl sites for hydroxylation is 2. The van der Waals surface area contributed by atoms with Gasteiger partial charge in [0.15, 0.2) is 0 Å². The van der Waals surface area contributed by atoms with Crippen molar-refractivity contribution in [2.24, 2.45) is 0 Å². The molecule has 3 nitrogen and oxygen atoms in total. The molecule has 0 saturated carbocycles. The summed E-state index contributed by atoms with van der Waals surface area (Å²) in [5, 5.41) is 6.17. The van der Waals surface area contributed by atoms with Gasteiger partial charge in [0.1, 0.15) is 0 Å². The number of halogens is 1. The second kappa shape index (κ2) is 7.27. The molecule has 0 aliphatic carbocycles. The Morgan fingerprint density at radius 2 is 1.76 bits per heavy atom. The monoisotopic (exact) mass is 346 g/mol. The van der Waals surface area contributed by atoms with Gasteiger partial charge < -0.3 is 10.6 Å². The van der Waals surface area contributed by atoms with Crippen LogP contribution in [0.15, 0.2) is 46.9 Å². The lowest BCUT2D eigenvalue weighted by Gasteiger charge is -2.09. The lowest BCUT2D eigenvalue weighted by atomic mass is 10.1. The van der Waals surface area contributed by atoms with Gasteiger partial charge in [-0.25, -0.2) is 0 Å². The van der Waals surface area contributed by atoms with E-state index in [4.69, 9.17) is 0 Å². The average molecular weight is 347 g/mol. The molecule has 0 radical (unpaired) electrons. The first-order valence-electron chi connectivity index (χ1n) is 6.90. The molecule has 0 fully saturated rings. The zero-order valence-electron chi connectivity index (χ0n) is 12.2. The first-order chi connectivity index (χ1) is 10.0. The average Bonchev–Trinajstić information content (AvgIpc) is 2.37. The Hall–Kier alpha value is -1.81. The van der Waals surface area contributed by atoms with Gasteiger partial charge in [0.2, 0.25) is 5.91 Å². The van der Waals surface area contributed by atoms with E-state index in [-0.39, 0.29) is 5.91 Å². The predicted molar refractivity (Wildman–Crippen MR) is 91.8 cm³/mol. The highest BCUT2D eigenvalue weighted by Crippen LogP contribution is 2.16. The maximum absolute atomic E-state index is 11.9. The third-order valence-corrected chi connectivity index (χ3v) is 3.50. The van der Waals surface area contributed by atoms with Gasteiger partial charge in [0, 0.05) is 28.8 Å². The molecule has 2 aromatic carbocycles. The molecule has 0 saturated heterocycles. The number of rotatable bonds is 5. The van der Waals surface area contributed by atoms with Crippen LogP contribution in [-0.4, -0.2) is 12.5 Å². The molecule has 4 heteroatoms. The number of hydrogen-bond acceptors (Lipinski definition) is 2. The molecule has 0 unspecified atom stereocenters. The van der Waals surface area contributed by atoms with Gasteiger partial charge >= 0.3 is 0 Å². The van der Waals surface area contributed by atoms with Crippen LogP contribution in [0.1, 0.15) is 17.5 Å². The minimum atomic E-state index is 0.0162. The Morgan fingerprint density at radius 1 is 1.05 bits per heavy atom. The van der Waals surface area contributed by atoms with Crippen LogP contribution in [0.25, 0.3) is 0 Å². The Morgan fingerprint density at radius 3 is 2.43 bits per heavy atom. The van der Waals surface area contributed by atoms with E-state index in [1.54, 1.807) is 0 Å². The third kappa shape index (κ3) is 5.23. The minimum Gasteiger partial charge on any atom is -0.384 e. The lowest BCUT2D eigenvalue weighted by Crippen LogP contribution is -2.16. The van der Waals surface area contributed by atoms with Crippen LogP contribution >= 0.6 is 15.9 Å². The zero-order valence-corrected chi connectivity index (χ0v) is 13.8. The van der Waals surface area contributed by atoms with Crippen molar-refractivity contribution in [3.8, 4) is 0 Å². The lowest BCUT2D eigenvalue weighted by molar-refractivity contribution is -0.115. The molecule has 21 heavy (non-hydrogen) atoms. The van der Waals surface area contributed by atoms with Gasteiger partial charge in [-0.05, 0) is 55.3 Å². The summed E-state index contributed by atoms with van der Waals surface area (Å²) in [4.78, 5) is 11.9. The maximum atomic E-state index is 11.9. The molecule has 2 N–H and O–H groups in total. The summed E-state index contributed by atoms with van der Waals surface area (Å²) in [7, 11) is 0. The van der Waals surface area contributed by atoms with Gasteiger partial charge in [0.25, 0.3) is 0 Å². The second-order valence-corrected chi connectivity index (χ2v) is 6.03. The largest absolute Gasteiger partial charge is 0.384 e. The van der Waals surface area contributed by atoms with Crippen molar-refractivity contribution in [3.63, 3.8) is 0 Å². The van der Waals surface area contributed by atoms with Gasteiger partial charge in [-0.3, -0.25) is 4.79 Å². The van der Waals surface area contributed by atoms with Crippen molar-refractivity contribution in [2.75, 3.05) is 17.2 Å². The quantitative estimate of drug-likeness (QED) is 0.836. The summed E-state index contributed by atoms with van der Waals surface area (Å²) in [5.74, 6) is 0.0162. The first kappa shape index (κ1) is 15.6. The SMILES string of the molecule is Cc1cc(C)cc(NC(=O)CCNc2cccc(Br)c2)c1. The van der Waals surface area contributed by atoms with E-state index in [0.717, 1.165) is 27.0 Å². The molecule has 0 aromatic heterocycles. The Labute approximate surface area is 133 Å². The minimum absolute atomic E-state index is 0.0162. The highest BCUT2D eigenvalue weighted by atomic mass is 79.9. The van der Waals surface area contributed by atoms with Crippen molar-refractivity contribution < 1.29 is 4.79 Å². The highest BCUT2D eigenvalue weighted by molar-refractivity contribution is 9.10. The maximum Gasteiger partial charge on any atom is 0.226 e. The topological polar surface area (TPSA) is 41.1 Å². The highest BCUT2D eigenvalue weighted by Gasteiger charge is 2.03. The first-order valence-corrected chi connectivity index (χ1v) is 7.70. The summed E-state index contributed by atoms with van der Waals surface area (Å²) >= 11 is 3.42. The second-order valence-electron chi connectivity index (χ2n) is 5.11. The van der Waals surface area contributed by atoms with Crippen LogP contribution in [0.3, 0.4) is 0 Å². The number of hydrogen-bond donors (Lipinski definition) is 2. The van der Waals surface area contributed by atoms with Crippen LogP contribution in [-0.2, 0) is 4.79 Å². The summed E-state index contributed by atoms with van der Waals surface area (Å²) < 4.78 is 1.02. The van der Waals surface area contributed by atoms with Crippen molar-refractivity contribution in [1.29, 1.82) is 0 Å². The molecule has 0 bridgehead atoms. The van der Waals surface area contributed by atoms with Crippen LogP contribution < -0.4 is 10.6 Å². The predicted octanol–water partition coefficient (Wildman–Crippen LogP) is 4.51. The van der Waals surface area contributed by atoms with Crippen LogP contribution in [0, 0.1) is 13.8 Å². The summed E-state index contributed by atoms with van der Waals surface area (Å²) in [6, 6.07) is 13.9. The van der Waals surface area contributed by atoms with Crippen molar-refractivity contribution in [1.82, 2.24) is 0 Å². The number of carbonyl (C=O) groups is 1. The molecule has 0 heterocycles. The van der Waals surface area contributed by atoms with E-state index in [2.05, 4.69) is 32.6 Å². The fourth-order valence-corrected chi connectivity index (χ4v) is 2.59. The zero-order chi connectivity index (χ0) is 15.2. The number of benzene rings is 2. The van der Waals surface area contributed by atoms with Crippen LogP contribution in [0.4, 0.5) is 11.4 Å². The van der Waals surface area contributed by atoms with E-state index < -0.39 is 0 Å². The molecule has 1 amide bonds. The smallest absolute Gasteiger partial charge is 0.226 e. The fourth-order valence-electron chi connectivity index (χ4n) is 2.19. The molecular weight excluding hydrogens is 328 g/mol. The summed E-state index contributed by atoms with van der Waals surface area (Å²) in [5.41, 5.74) is 4.17. The Bertz CT molecular complexity index is 620. The molecule has 0 aliphatic heterocycles. The van der Waals surface area contributed by atoms with Crippen molar-refractivity contribution in [2.45, 2.75) is 20.3 Å². The molecule has 110 valence electrons. The van der Waals surface area contributed by atoms with E-state index in [1.165, 1.54) is 0 Å². The van der Waals surface area contributed by atoms with E-state index in [0.29, 0.717) is 13.0 Å². The third-order valence-electron chi connectivity index (χ3n) is 3.01. The van der Waals surface area contributed by atoms with Gasteiger partial charge in [0.05, 0.1) is 0 Å². The standard InChI is InChI=1S/C17H19BrN2O/c1-12-8-13(2)10-16(9-12)20-17(21)6-7-19-15-5-3-4-14(18)11-15/h3-5,8-11,19H,6-7H2,1-2H3,(H,20,21). The number of anilines is 2. The fraction of sp³-hybridized carbons (Fsp3) is 0.235. The Balaban J connectivity index is 1.82. The molecule has 2 aromatic rings. The molecule has 0 spiro atoms. The number of amides is 1. The normalized spacial score (nSPS) is 10.2. The van der Waals surface area contributed by atoms with Crippen molar-refractivity contribution in [3.05, 3.63) is 58.1 Å². The van der Waals surface area contributed by atoms with Gasteiger partial charge in [-0.2, -0.15) is 0 Å². The summed E-state index contributed by atoms with van der Waals surface area (Å²) in [6.07, 6.45) is 0.430. The number of carbonyl (C=O) groups excluding carboxylic acids is 1. The Kier molecular flexibility index (Phi) is 5.39.